The number of ether oxygens (including phenoxy) is 2. The van der Waals surface area contributed by atoms with Gasteiger partial charge < -0.3 is 9.47 Å². The molecule has 6 heteroatoms. The van der Waals surface area contributed by atoms with Gasteiger partial charge in [-0.15, -0.1) is 0 Å². The van der Waals surface area contributed by atoms with Crippen LogP contribution in [0, 0.1) is 28.6 Å². The monoisotopic (exact) mass is 287 g/mol. The molecule has 0 amide bonds. The lowest BCUT2D eigenvalue weighted by Crippen LogP contribution is -2.43. The molecule has 1 heterocycles. The summed E-state index contributed by atoms with van der Waals surface area (Å²) in [5.74, 6) is -1.36. The Morgan fingerprint density at radius 3 is 2.43 bits per heavy atom. The standard InChI is InChI=1S/C15H17N3O3/c1-4-15(12(8-16)9-17,14(19)21-5-2)11-6-7-13(20-3)18-10-11/h6-7,10,12H,4-5H2,1-3H3/t15-/m1/s1. The maximum absolute atomic E-state index is 12.4. The Labute approximate surface area is 123 Å². The first kappa shape index (κ1) is 16.5. The van der Waals surface area contributed by atoms with E-state index in [1.807, 2.05) is 12.1 Å². The van der Waals surface area contributed by atoms with Gasteiger partial charge in [-0.2, -0.15) is 10.5 Å². The normalized spacial score (nSPS) is 12.9. The van der Waals surface area contributed by atoms with Crippen molar-refractivity contribution < 1.29 is 14.3 Å². The van der Waals surface area contributed by atoms with Gasteiger partial charge in [-0.05, 0) is 18.9 Å². The Hall–Kier alpha value is -2.60. The first-order valence-electron chi connectivity index (χ1n) is 6.57. The third-order valence-corrected chi connectivity index (χ3v) is 3.41. The molecule has 1 rings (SSSR count). The highest BCUT2D eigenvalue weighted by atomic mass is 16.5. The summed E-state index contributed by atoms with van der Waals surface area (Å²) >= 11 is 0. The number of hydrogen-bond donors (Lipinski definition) is 0. The molecule has 0 aromatic carbocycles. The Morgan fingerprint density at radius 2 is 2.05 bits per heavy atom. The number of pyridine rings is 1. The summed E-state index contributed by atoms with van der Waals surface area (Å²) in [5.41, 5.74) is -0.879. The van der Waals surface area contributed by atoms with E-state index in [2.05, 4.69) is 4.98 Å². The van der Waals surface area contributed by atoms with Gasteiger partial charge in [-0.1, -0.05) is 13.0 Å². The quantitative estimate of drug-likeness (QED) is 0.742. The minimum atomic E-state index is -1.35. The SMILES string of the molecule is CCOC(=O)[C@](CC)(c1ccc(OC)nc1)C(C#N)C#N. The maximum atomic E-state index is 12.4. The van der Waals surface area contributed by atoms with Crippen LogP contribution in [-0.4, -0.2) is 24.7 Å². The lowest BCUT2D eigenvalue weighted by atomic mass is 9.69. The van der Waals surface area contributed by atoms with Crippen LogP contribution in [0.15, 0.2) is 18.3 Å². The van der Waals surface area contributed by atoms with Crippen LogP contribution in [0.2, 0.25) is 0 Å². The van der Waals surface area contributed by atoms with Crippen molar-refractivity contribution in [1.82, 2.24) is 4.98 Å². The van der Waals surface area contributed by atoms with E-state index in [1.54, 1.807) is 26.0 Å². The van der Waals surface area contributed by atoms with Gasteiger partial charge in [0.1, 0.15) is 5.41 Å². The van der Waals surface area contributed by atoms with Crippen molar-refractivity contribution in [3.63, 3.8) is 0 Å². The molecular formula is C15H17N3O3. The molecule has 0 saturated carbocycles. The molecule has 0 spiro atoms. The predicted octanol–water partition coefficient (Wildman–Crippen LogP) is 1.96. The molecule has 0 radical (unpaired) electrons. The van der Waals surface area contributed by atoms with Crippen molar-refractivity contribution >= 4 is 5.97 Å². The zero-order valence-electron chi connectivity index (χ0n) is 12.3. The minimum Gasteiger partial charge on any atom is -0.481 e. The summed E-state index contributed by atoms with van der Waals surface area (Å²) in [5, 5.41) is 18.5. The molecule has 0 fully saturated rings. The van der Waals surface area contributed by atoms with Gasteiger partial charge in [-0.3, -0.25) is 4.79 Å². The van der Waals surface area contributed by atoms with E-state index in [0.717, 1.165) is 0 Å². The van der Waals surface area contributed by atoms with Crippen molar-refractivity contribution in [2.75, 3.05) is 13.7 Å². The number of rotatable bonds is 6. The highest BCUT2D eigenvalue weighted by Crippen LogP contribution is 2.37. The van der Waals surface area contributed by atoms with Gasteiger partial charge in [0, 0.05) is 12.3 Å². The van der Waals surface area contributed by atoms with Crippen molar-refractivity contribution in [2.45, 2.75) is 25.7 Å². The average molecular weight is 287 g/mol. The van der Waals surface area contributed by atoms with Gasteiger partial charge in [0.2, 0.25) is 5.88 Å². The van der Waals surface area contributed by atoms with Crippen molar-refractivity contribution in [3.8, 4) is 18.0 Å². The molecule has 1 aromatic rings. The summed E-state index contributed by atoms with van der Waals surface area (Å²) in [6, 6.07) is 7.00. The van der Waals surface area contributed by atoms with Crippen molar-refractivity contribution in [2.24, 2.45) is 5.92 Å². The Balaban J connectivity index is 3.45. The third-order valence-electron chi connectivity index (χ3n) is 3.41. The second kappa shape index (κ2) is 7.25. The van der Waals surface area contributed by atoms with Crippen LogP contribution < -0.4 is 4.74 Å². The molecular weight excluding hydrogens is 270 g/mol. The molecule has 0 N–H and O–H groups in total. The van der Waals surface area contributed by atoms with Crippen LogP contribution in [0.5, 0.6) is 5.88 Å². The second-order valence-corrected chi connectivity index (χ2v) is 4.33. The topological polar surface area (TPSA) is 96.0 Å². The molecule has 0 aliphatic carbocycles. The number of nitrogens with zero attached hydrogens (tertiary/aromatic N) is 3. The number of nitriles is 2. The van der Waals surface area contributed by atoms with Crippen molar-refractivity contribution in [1.29, 1.82) is 10.5 Å². The molecule has 0 aliphatic heterocycles. The number of carbonyl (C=O) groups is 1. The smallest absolute Gasteiger partial charge is 0.319 e. The molecule has 0 aliphatic rings. The van der Waals surface area contributed by atoms with E-state index in [4.69, 9.17) is 9.47 Å². The van der Waals surface area contributed by atoms with Gasteiger partial charge >= 0.3 is 5.97 Å². The number of methoxy groups -OCH3 is 1. The van der Waals surface area contributed by atoms with E-state index in [-0.39, 0.29) is 13.0 Å². The van der Waals surface area contributed by atoms with Gasteiger partial charge in [-0.25, -0.2) is 4.98 Å². The summed E-state index contributed by atoms with van der Waals surface area (Å²) in [7, 11) is 1.48. The Kier molecular flexibility index (Phi) is 5.68. The van der Waals surface area contributed by atoms with E-state index in [9.17, 15) is 15.3 Å². The van der Waals surface area contributed by atoms with Crippen LogP contribution in [0.25, 0.3) is 0 Å². The number of aromatic nitrogens is 1. The van der Waals surface area contributed by atoms with E-state index in [1.165, 1.54) is 13.3 Å². The van der Waals surface area contributed by atoms with Crippen LogP contribution in [0.3, 0.4) is 0 Å². The predicted molar refractivity (Wildman–Crippen MR) is 74.1 cm³/mol. The van der Waals surface area contributed by atoms with Crippen LogP contribution in [-0.2, 0) is 14.9 Å². The zero-order chi connectivity index (χ0) is 15.9. The molecule has 110 valence electrons. The molecule has 6 nitrogen and oxygen atoms in total. The lowest BCUT2D eigenvalue weighted by molar-refractivity contribution is -0.151. The molecule has 1 aromatic heterocycles. The zero-order valence-corrected chi connectivity index (χ0v) is 12.3. The largest absolute Gasteiger partial charge is 0.481 e. The van der Waals surface area contributed by atoms with E-state index < -0.39 is 17.3 Å². The Bertz CT molecular complexity index is 557. The van der Waals surface area contributed by atoms with Crippen LogP contribution in [0.1, 0.15) is 25.8 Å². The molecule has 0 unspecified atom stereocenters. The Morgan fingerprint density at radius 1 is 1.38 bits per heavy atom. The second-order valence-electron chi connectivity index (χ2n) is 4.33. The van der Waals surface area contributed by atoms with Crippen molar-refractivity contribution in [3.05, 3.63) is 23.9 Å². The first-order valence-corrected chi connectivity index (χ1v) is 6.57. The summed E-state index contributed by atoms with van der Waals surface area (Å²) in [6.07, 6.45) is 1.70. The van der Waals surface area contributed by atoms with Crippen LogP contribution >= 0.6 is 0 Å². The van der Waals surface area contributed by atoms with Crippen LogP contribution in [0.4, 0.5) is 0 Å². The molecule has 1 atom stereocenters. The van der Waals surface area contributed by atoms with Gasteiger partial charge in [0.25, 0.3) is 0 Å². The van der Waals surface area contributed by atoms with E-state index >= 15 is 0 Å². The molecule has 0 bridgehead atoms. The summed E-state index contributed by atoms with van der Waals surface area (Å²) in [6.45, 7) is 3.59. The highest BCUT2D eigenvalue weighted by Gasteiger charge is 2.48. The van der Waals surface area contributed by atoms with Gasteiger partial charge in [0.05, 0.1) is 25.9 Å². The third kappa shape index (κ3) is 2.95. The fourth-order valence-corrected chi connectivity index (χ4v) is 2.23. The lowest BCUT2D eigenvalue weighted by Gasteiger charge is -2.31. The number of esters is 1. The summed E-state index contributed by atoms with van der Waals surface area (Å²) < 4.78 is 10.1. The maximum Gasteiger partial charge on any atom is 0.319 e. The van der Waals surface area contributed by atoms with Gasteiger partial charge in [0.15, 0.2) is 5.92 Å². The average Bonchev–Trinajstić information content (AvgIpc) is 2.53. The minimum absolute atomic E-state index is 0.174. The molecule has 21 heavy (non-hydrogen) atoms. The number of hydrogen-bond acceptors (Lipinski definition) is 6. The fraction of sp³-hybridized carbons (Fsp3) is 0.467. The molecule has 0 saturated heterocycles. The summed E-state index contributed by atoms with van der Waals surface area (Å²) in [4.78, 5) is 16.5. The fourth-order valence-electron chi connectivity index (χ4n) is 2.23. The number of carbonyl (C=O) groups excluding carboxylic acids is 1. The van der Waals surface area contributed by atoms with E-state index in [0.29, 0.717) is 11.4 Å². The first-order chi connectivity index (χ1) is 10.1. The highest BCUT2D eigenvalue weighted by molar-refractivity contribution is 5.84.